The molecule has 0 atom stereocenters. The molecule has 114 valence electrons. The summed E-state index contributed by atoms with van der Waals surface area (Å²) in [5.74, 6) is -0.250. The highest BCUT2D eigenvalue weighted by atomic mass is 19.4. The molecule has 0 fully saturated rings. The molecule has 4 nitrogen and oxygen atoms in total. The van der Waals surface area contributed by atoms with Crippen LogP contribution in [0.2, 0.25) is 0 Å². The molecule has 0 radical (unpaired) electrons. The van der Waals surface area contributed by atoms with Crippen LogP contribution in [0.5, 0.6) is 5.75 Å². The maximum Gasteiger partial charge on any atom is 0.573 e. The smallest absolute Gasteiger partial charge is 0.405 e. The van der Waals surface area contributed by atoms with Crippen LogP contribution in [0, 0.1) is 0 Å². The number of halogens is 3. The first-order valence-corrected chi connectivity index (χ1v) is 6.47. The van der Waals surface area contributed by atoms with Crippen molar-refractivity contribution in [1.82, 2.24) is 15.5 Å². The second kappa shape index (κ2) is 6.17. The van der Waals surface area contributed by atoms with Gasteiger partial charge >= 0.3 is 6.36 Å². The number of nitrogens with one attached hydrogen (secondary N) is 2. The third-order valence-corrected chi connectivity index (χ3v) is 2.80. The van der Waals surface area contributed by atoms with E-state index in [1.165, 1.54) is 12.1 Å². The molecule has 0 aliphatic carbocycles. The lowest BCUT2D eigenvalue weighted by molar-refractivity contribution is -0.274. The zero-order valence-electron chi connectivity index (χ0n) is 11.7. The number of rotatable bonds is 5. The highest BCUT2D eigenvalue weighted by Crippen LogP contribution is 2.34. The average Bonchev–Trinajstić information content (AvgIpc) is 2.83. The Hall–Kier alpha value is -2.02. The second-order valence-corrected chi connectivity index (χ2v) is 4.85. The van der Waals surface area contributed by atoms with Crippen molar-refractivity contribution in [2.75, 3.05) is 0 Å². The van der Waals surface area contributed by atoms with Crippen LogP contribution in [0.1, 0.15) is 19.4 Å². The van der Waals surface area contributed by atoms with Crippen LogP contribution in [-0.4, -0.2) is 22.6 Å². The maximum atomic E-state index is 12.5. The molecule has 1 heterocycles. The quantitative estimate of drug-likeness (QED) is 0.888. The normalized spacial score (nSPS) is 11.9. The van der Waals surface area contributed by atoms with Crippen LogP contribution in [0.15, 0.2) is 30.5 Å². The summed E-state index contributed by atoms with van der Waals surface area (Å²) >= 11 is 0. The Kier molecular flexibility index (Phi) is 4.52. The first-order valence-electron chi connectivity index (χ1n) is 6.47. The molecule has 0 saturated carbocycles. The minimum atomic E-state index is -4.73. The van der Waals surface area contributed by atoms with Gasteiger partial charge in [-0.1, -0.05) is 26.0 Å². The van der Waals surface area contributed by atoms with Gasteiger partial charge in [0.1, 0.15) is 5.75 Å². The highest BCUT2D eigenvalue weighted by molar-refractivity contribution is 5.69. The van der Waals surface area contributed by atoms with Crippen molar-refractivity contribution in [2.45, 2.75) is 32.8 Å². The summed E-state index contributed by atoms with van der Waals surface area (Å²) in [6.45, 7) is 4.48. The number of ether oxygens (including phenoxy) is 1. The number of para-hydroxylation sites is 1. The highest BCUT2D eigenvalue weighted by Gasteiger charge is 2.32. The van der Waals surface area contributed by atoms with Gasteiger partial charge in [0.25, 0.3) is 0 Å². The maximum absolute atomic E-state index is 12.5. The standard InChI is InChI=1S/C14H16F3N3O/c1-9(2)18-7-10-8-19-20-13(10)11-5-3-4-6-12(11)21-14(15,16)17/h3-6,8-9,18H,7H2,1-2H3,(H,19,20). The Morgan fingerprint density at radius 2 is 2.00 bits per heavy atom. The Morgan fingerprint density at radius 1 is 1.29 bits per heavy atom. The van der Waals surface area contributed by atoms with Gasteiger partial charge in [-0.2, -0.15) is 5.10 Å². The summed E-state index contributed by atoms with van der Waals surface area (Å²) in [5, 5.41) is 9.85. The van der Waals surface area contributed by atoms with Gasteiger partial charge in [0.15, 0.2) is 0 Å². The van der Waals surface area contributed by atoms with Gasteiger partial charge < -0.3 is 10.1 Å². The summed E-state index contributed by atoms with van der Waals surface area (Å²) in [6, 6.07) is 6.25. The van der Waals surface area contributed by atoms with Crippen molar-refractivity contribution in [2.24, 2.45) is 0 Å². The van der Waals surface area contributed by atoms with Crippen LogP contribution in [0.25, 0.3) is 11.3 Å². The zero-order valence-corrected chi connectivity index (χ0v) is 11.7. The third kappa shape index (κ3) is 4.22. The molecule has 0 unspecified atom stereocenters. The first-order chi connectivity index (χ1) is 9.87. The first kappa shape index (κ1) is 15.4. The van der Waals surface area contributed by atoms with E-state index in [4.69, 9.17) is 0 Å². The van der Waals surface area contributed by atoms with E-state index in [0.717, 1.165) is 5.56 Å². The Balaban J connectivity index is 2.32. The molecule has 1 aromatic carbocycles. The molecule has 1 aromatic heterocycles. The van der Waals surface area contributed by atoms with E-state index in [9.17, 15) is 13.2 Å². The fourth-order valence-electron chi connectivity index (χ4n) is 1.88. The lowest BCUT2D eigenvalue weighted by Crippen LogP contribution is -2.22. The van der Waals surface area contributed by atoms with Crippen LogP contribution in [0.4, 0.5) is 13.2 Å². The molecule has 21 heavy (non-hydrogen) atoms. The van der Waals surface area contributed by atoms with Crippen molar-refractivity contribution in [3.8, 4) is 17.0 Å². The van der Waals surface area contributed by atoms with E-state index < -0.39 is 6.36 Å². The van der Waals surface area contributed by atoms with Gasteiger partial charge in [-0.3, -0.25) is 5.10 Å². The lowest BCUT2D eigenvalue weighted by Gasteiger charge is -2.14. The van der Waals surface area contributed by atoms with Crippen LogP contribution >= 0.6 is 0 Å². The SMILES string of the molecule is CC(C)NCc1cn[nH]c1-c1ccccc1OC(F)(F)F. The molecule has 0 spiro atoms. The average molecular weight is 299 g/mol. The van der Waals surface area contributed by atoms with Gasteiger partial charge in [0.05, 0.1) is 11.9 Å². The number of benzene rings is 1. The van der Waals surface area contributed by atoms with E-state index in [0.29, 0.717) is 17.8 Å². The summed E-state index contributed by atoms with van der Waals surface area (Å²) in [5.41, 5.74) is 1.62. The minimum Gasteiger partial charge on any atom is -0.405 e. The Morgan fingerprint density at radius 3 is 2.67 bits per heavy atom. The number of hydrogen-bond donors (Lipinski definition) is 2. The monoisotopic (exact) mass is 299 g/mol. The molecular weight excluding hydrogens is 283 g/mol. The molecule has 0 aliphatic rings. The largest absolute Gasteiger partial charge is 0.573 e. The topological polar surface area (TPSA) is 49.9 Å². The van der Waals surface area contributed by atoms with Crippen molar-refractivity contribution in [1.29, 1.82) is 0 Å². The van der Waals surface area contributed by atoms with Crippen molar-refractivity contribution < 1.29 is 17.9 Å². The van der Waals surface area contributed by atoms with Gasteiger partial charge in [0.2, 0.25) is 0 Å². The molecule has 0 saturated heterocycles. The van der Waals surface area contributed by atoms with E-state index in [2.05, 4.69) is 20.3 Å². The molecule has 0 aliphatic heterocycles. The molecular formula is C14H16F3N3O. The van der Waals surface area contributed by atoms with E-state index in [1.807, 2.05) is 13.8 Å². The van der Waals surface area contributed by atoms with E-state index in [-0.39, 0.29) is 11.8 Å². The van der Waals surface area contributed by atoms with Gasteiger partial charge in [0, 0.05) is 23.7 Å². The zero-order chi connectivity index (χ0) is 15.5. The van der Waals surface area contributed by atoms with E-state index in [1.54, 1.807) is 18.3 Å². The number of aromatic amines is 1. The predicted molar refractivity (Wildman–Crippen MR) is 72.7 cm³/mol. The number of aromatic nitrogens is 2. The molecule has 0 bridgehead atoms. The lowest BCUT2D eigenvalue weighted by atomic mass is 10.1. The number of hydrogen-bond acceptors (Lipinski definition) is 3. The Bertz CT molecular complexity index is 593. The fourth-order valence-corrected chi connectivity index (χ4v) is 1.88. The number of nitrogens with zero attached hydrogens (tertiary/aromatic N) is 1. The fraction of sp³-hybridized carbons (Fsp3) is 0.357. The van der Waals surface area contributed by atoms with Crippen LogP contribution < -0.4 is 10.1 Å². The van der Waals surface area contributed by atoms with Gasteiger partial charge in [-0.05, 0) is 12.1 Å². The summed E-state index contributed by atoms with van der Waals surface area (Å²) < 4.78 is 41.4. The molecule has 2 rings (SSSR count). The van der Waals surface area contributed by atoms with Crippen molar-refractivity contribution >= 4 is 0 Å². The number of alkyl halides is 3. The molecule has 2 N–H and O–H groups in total. The molecule has 7 heteroatoms. The molecule has 2 aromatic rings. The van der Waals surface area contributed by atoms with E-state index >= 15 is 0 Å². The van der Waals surface area contributed by atoms with Crippen LogP contribution in [-0.2, 0) is 6.54 Å². The van der Waals surface area contributed by atoms with Gasteiger partial charge in [-0.25, -0.2) is 0 Å². The van der Waals surface area contributed by atoms with Gasteiger partial charge in [-0.15, -0.1) is 13.2 Å². The van der Waals surface area contributed by atoms with Crippen molar-refractivity contribution in [3.05, 3.63) is 36.0 Å². The predicted octanol–water partition coefficient (Wildman–Crippen LogP) is 3.47. The minimum absolute atomic E-state index is 0.250. The third-order valence-electron chi connectivity index (χ3n) is 2.80. The van der Waals surface area contributed by atoms with Crippen molar-refractivity contribution in [3.63, 3.8) is 0 Å². The summed E-state index contributed by atoms with van der Waals surface area (Å²) in [7, 11) is 0. The summed E-state index contributed by atoms with van der Waals surface area (Å²) in [6.07, 6.45) is -3.14. The molecule has 0 amide bonds. The Labute approximate surface area is 120 Å². The second-order valence-electron chi connectivity index (χ2n) is 4.85. The summed E-state index contributed by atoms with van der Waals surface area (Å²) in [4.78, 5) is 0. The number of H-pyrrole nitrogens is 1. The van der Waals surface area contributed by atoms with Crippen LogP contribution in [0.3, 0.4) is 0 Å².